The van der Waals surface area contributed by atoms with Crippen LogP contribution in [0.1, 0.15) is 20.9 Å². The Bertz CT molecular complexity index is 865. The van der Waals surface area contributed by atoms with Crippen molar-refractivity contribution < 1.29 is 14.3 Å². The van der Waals surface area contributed by atoms with Crippen molar-refractivity contribution >= 4 is 17.3 Å². The molecule has 0 radical (unpaired) electrons. The normalized spacial score (nSPS) is 10.5. The molecule has 0 amide bonds. The predicted molar refractivity (Wildman–Crippen MR) is 94.8 cm³/mol. The molecule has 0 aliphatic heterocycles. The smallest absolute Gasteiger partial charge is 0.350 e. The van der Waals surface area contributed by atoms with Crippen LogP contribution in [0.3, 0.4) is 0 Å². The summed E-state index contributed by atoms with van der Waals surface area (Å²) in [7, 11) is 0. The van der Waals surface area contributed by atoms with Crippen LogP contribution < -0.4 is 4.74 Å². The van der Waals surface area contributed by atoms with E-state index in [0.29, 0.717) is 28.0 Å². The summed E-state index contributed by atoms with van der Waals surface area (Å²) in [5, 5.41) is 0.598. The number of aryl methyl sites for hydroxylation is 2. The molecule has 0 spiro atoms. The van der Waals surface area contributed by atoms with Gasteiger partial charge in [0.05, 0.1) is 5.69 Å². The molecule has 0 fully saturated rings. The lowest BCUT2D eigenvalue weighted by Gasteiger charge is -2.09. The summed E-state index contributed by atoms with van der Waals surface area (Å²) >= 11 is 1.23. The highest BCUT2D eigenvalue weighted by molar-refractivity contribution is 7.16. The first-order valence-electron chi connectivity index (χ1n) is 7.75. The van der Waals surface area contributed by atoms with E-state index in [1.54, 1.807) is 25.4 Å². The summed E-state index contributed by atoms with van der Waals surface area (Å²) in [5.74, 6) is 0.874. The number of carbonyl (C=O) groups excluding carboxylic acids is 1. The monoisotopic (exact) mass is 355 g/mol. The van der Waals surface area contributed by atoms with E-state index >= 15 is 0 Å². The Morgan fingerprint density at radius 3 is 2.60 bits per heavy atom. The average Bonchev–Trinajstić information content (AvgIpc) is 3.02. The molecular formula is C18H17N3O3S. The van der Waals surface area contributed by atoms with Crippen molar-refractivity contribution in [3.05, 3.63) is 58.9 Å². The fourth-order valence-corrected chi connectivity index (χ4v) is 3.07. The third-order valence-electron chi connectivity index (χ3n) is 3.41. The topological polar surface area (TPSA) is 74.2 Å². The largest absolute Gasteiger partial charge is 0.490 e. The van der Waals surface area contributed by atoms with Gasteiger partial charge < -0.3 is 9.47 Å². The Morgan fingerprint density at radius 1 is 1.08 bits per heavy atom. The van der Waals surface area contributed by atoms with E-state index in [9.17, 15) is 4.79 Å². The first-order valence-corrected chi connectivity index (χ1v) is 8.57. The van der Waals surface area contributed by atoms with Crippen LogP contribution in [-0.4, -0.2) is 34.1 Å². The van der Waals surface area contributed by atoms with Gasteiger partial charge in [0.15, 0.2) is 10.8 Å². The van der Waals surface area contributed by atoms with Crippen molar-refractivity contribution in [1.82, 2.24) is 15.0 Å². The molecule has 0 aliphatic carbocycles. The Balaban J connectivity index is 1.57. The first-order chi connectivity index (χ1) is 12.1. The molecule has 0 unspecified atom stereocenters. The number of carbonyl (C=O) groups is 1. The van der Waals surface area contributed by atoms with E-state index in [0.717, 1.165) is 11.3 Å². The lowest BCUT2D eigenvalue weighted by Crippen LogP contribution is -2.12. The van der Waals surface area contributed by atoms with Crippen LogP contribution in [0.25, 0.3) is 10.8 Å². The minimum Gasteiger partial charge on any atom is -0.490 e. The van der Waals surface area contributed by atoms with Crippen molar-refractivity contribution in [2.24, 2.45) is 0 Å². The zero-order chi connectivity index (χ0) is 17.6. The Labute approximate surface area is 149 Å². The van der Waals surface area contributed by atoms with Gasteiger partial charge in [0.25, 0.3) is 0 Å². The average molecular weight is 355 g/mol. The molecule has 3 aromatic rings. The predicted octanol–water partition coefficient (Wildman–Crippen LogP) is 3.45. The van der Waals surface area contributed by atoms with Crippen molar-refractivity contribution in [2.45, 2.75) is 13.8 Å². The number of hydrogen-bond donors (Lipinski definition) is 0. The van der Waals surface area contributed by atoms with Gasteiger partial charge in [-0.2, -0.15) is 0 Å². The van der Waals surface area contributed by atoms with Gasteiger partial charge in [0.1, 0.15) is 23.8 Å². The van der Waals surface area contributed by atoms with Gasteiger partial charge in [-0.05, 0) is 31.5 Å². The van der Waals surface area contributed by atoms with Crippen LogP contribution in [0.4, 0.5) is 0 Å². The number of thiazole rings is 1. The summed E-state index contributed by atoms with van der Waals surface area (Å²) in [5.41, 5.74) is 1.65. The number of benzene rings is 1. The maximum Gasteiger partial charge on any atom is 0.350 e. The summed E-state index contributed by atoms with van der Waals surface area (Å²) in [4.78, 5) is 25.3. The third kappa shape index (κ3) is 4.19. The molecule has 0 bridgehead atoms. The summed E-state index contributed by atoms with van der Waals surface area (Å²) in [6.07, 6.45) is 3.28. The second-order valence-corrected chi connectivity index (χ2v) is 6.25. The number of aromatic nitrogens is 3. The van der Waals surface area contributed by atoms with Gasteiger partial charge in [-0.15, -0.1) is 11.3 Å². The van der Waals surface area contributed by atoms with E-state index in [2.05, 4.69) is 15.0 Å². The number of nitrogens with zero attached hydrogens (tertiary/aromatic N) is 3. The fraction of sp³-hybridized carbons (Fsp3) is 0.222. The molecule has 0 N–H and O–H groups in total. The van der Waals surface area contributed by atoms with Crippen molar-refractivity contribution in [3.8, 4) is 16.6 Å². The SMILES string of the molecule is Cc1ccccc1OCCOC(=O)c1sc(-c2ncccn2)nc1C. The minimum atomic E-state index is -0.412. The zero-order valence-electron chi connectivity index (χ0n) is 13.9. The molecule has 2 heterocycles. The van der Waals surface area contributed by atoms with Crippen LogP contribution in [0, 0.1) is 13.8 Å². The number of ether oxygens (including phenoxy) is 2. The van der Waals surface area contributed by atoms with E-state index in [1.807, 2.05) is 31.2 Å². The molecular weight excluding hydrogens is 338 g/mol. The van der Waals surface area contributed by atoms with E-state index in [4.69, 9.17) is 9.47 Å². The summed E-state index contributed by atoms with van der Waals surface area (Å²) in [6, 6.07) is 9.43. The zero-order valence-corrected chi connectivity index (χ0v) is 14.7. The molecule has 2 aromatic heterocycles. The maximum atomic E-state index is 12.2. The Morgan fingerprint density at radius 2 is 1.84 bits per heavy atom. The van der Waals surface area contributed by atoms with Crippen LogP contribution in [0.5, 0.6) is 5.75 Å². The van der Waals surface area contributed by atoms with E-state index < -0.39 is 5.97 Å². The van der Waals surface area contributed by atoms with E-state index in [1.165, 1.54) is 11.3 Å². The highest BCUT2D eigenvalue weighted by atomic mass is 32.1. The van der Waals surface area contributed by atoms with Crippen LogP contribution in [-0.2, 0) is 4.74 Å². The highest BCUT2D eigenvalue weighted by Gasteiger charge is 2.18. The minimum absolute atomic E-state index is 0.168. The second kappa shape index (κ2) is 7.85. The number of esters is 1. The molecule has 0 atom stereocenters. The van der Waals surface area contributed by atoms with Crippen LogP contribution in [0.15, 0.2) is 42.7 Å². The lowest BCUT2D eigenvalue weighted by atomic mass is 10.2. The highest BCUT2D eigenvalue weighted by Crippen LogP contribution is 2.25. The fourth-order valence-electron chi connectivity index (χ4n) is 2.16. The van der Waals surface area contributed by atoms with Gasteiger partial charge in [-0.1, -0.05) is 18.2 Å². The second-order valence-electron chi connectivity index (χ2n) is 5.26. The van der Waals surface area contributed by atoms with Crippen molar-refractivity contribution in [1.29, 1.82) is 0 Å². The number of rotatable bonds is 6. The maximum absolute atomic E-state index is 12.2. The van der Waals surface area contributed by atoms with Gasteiger partial charge in [-0.25, -0.2) is 19.7 Å². The van der Waals surface area contributed by atoms with Crippen LogP contribution in [0.2, 0.25) is 0 Å². The van der Waals surface area contributed by atoms with Gasteiger partial charge in [0.2, 0.25) is 0 Å². The number of para-hydroxylation sites is 1. The van der Waals surface area contributed by atoms with Gasteiger partial charge >= 0.3 is 5.97 Å². The third-order valence-corrected chi connectivity index (χ3v) is 4.54. The van der Waals surface area contributed by atoms with Crippen LogP contribution >= 0.6 is 11.3 Å². The summed E-state index contributed by atoms with van der Waals surface area (Å²) in [6.45, 7) is 4.20. The van der Waals surface area contributed by atoms with Gasteiger partial charge in [0, 0.05) is 12.4 Å². The van der Waals surface area contributed by atoms with Crippen molar-refractivity contribution in [2.75, 3.05) is 13.2 Å². The molecule has 0 saturated heterocycles. The quantitative estimate of drug-likeness (QED) is 0.498. The Kier molecular flexibility index (Phi) is 5.35. The van der Waals surface area contributed by atoms with E-state index in [-0.39, 0.29) is 6.61 Å². The standard InChI is InChI=1S/C18H17N3O3S/c1-12-6-3-4-7-14(12)23-10-11-24-18(22)15-13(2)21-17(25-15)16-19-8-5-9-20-16/h3-9H,10-11H2,1-2H3. The number of hydrogen-bond acceptors (Lipinski definition) is 7. The molecule has 0 aliphatic rings. The van der Waals surface area contributed by atoms with Crippen molar-refractivity contribution in [3.63, 3.8) is 0 Å². The first kappa shape index (κ1) is 17.0. The summed E-state index contributed by atoms with van der Waals surface area (Å²) < 4.78 is 10.9. The molecule has 3 rings (SSSR count). The lowest BCUT2D eigenvalue weighted by molar-refractivity contribution is 0.0454. The molecule has 0 saturated carbocycles. The molecule has 25 heavy (non-hydrogen) atoms. The molecule has 7 heteroatoms. The molecule has 6 nitrogen and oxygen atoms in total. The molecule has 128 valence electrons. The Hall–Kier alpha value is -2.80. The van der Waals surface area contributed by atoms with Gasteiger partial charge in [-0.3, -0.25) is 0 Å². The molecule has 1 aromatic carbocycles.